The molecule has 1 nitrogen and oxygen atoms in total. The summed E-state index contributed by atoms with van der Waals surface area (Å²) in [5.74, 6) is 0.295. The molecule has 150 valence electrons. The van der Waals surface area contributed by atoms with Crippen LogP contribution in [0.4, 0.5) is 5.69 Å². The summed E-state index contributed by atoms with van der Waals surface area (Å²) >= 11 is 0. The number of allylic oxidation sites excluding steroid dienone is 2. The van der Waals surface area contributed by atoms with Crippen molar-refractivity contribution in [2.45, 2.75) is 12.0 Å². The highest BCUT2D eigenvalue weighted by Crippen LogP contribution is 2.30. The van der Waals surface area contributed by atoms with Crippen molar-refractivity contribution in [2.75, 3.05) is 5.32 Å². The normalized spacial score (nSPS) is 17.4. The van der Waals surface area contributed by atoms with Crippen LogP contribution in [0.3, 0.4) is 0 Å². The monoisotopic (exact) mass is 399 g/mol. The van der Waals surface area contributed by atoms with E-state index in [0.29, 0.717) is 5.92 Å². The maximum Gasteiger partial charge on any atom is 0.0550 e. The van der Waals surface area contributed by atoms with Crippen LogP contribution in [0, 0.1) is 0 Å². The molecule has 0 aromatic heterocycles. The molecule has 1 heteroatoms. The van der Waals surface area contributed by atoms with Crippen molar-refractivity contribution in [3.63, 3.8) is 0 Å². The average Bonchev–Trinajstić information content (AvgIpc) is 2.86. The number of rotatable bonds is 5. The zero-order valence-electron chi connectivity index (χ0n) is 17.4. The van der Waals surface area contributed by atoms with Gasteiger partial charge in [0, 0.05) is 11.6 Å². The lowest BCUT2D eigenvalue weighted by Crippen LogP contribution is -2.25. The van der Waals surface area contributed by atoms with Gasteiger partial charge in [-0.2, -0.15) is 0 Å². The van der Waals surface area contributed by atoms with Gasteiger partial charge in [-0.25, -0.2) is 0 Å². The predicted molar refractivity (Wildman–Crippen MR) is 132 cm³/mol. The molecular weight excluding hydrogens is 374 g/mol. The van der Waals surface area contributed by atoms with E-state index in [1.807, 2.05) is 0 Å². The highest BCUT2D eigenvalue weighted by Gasteiger charge is 2.20. The van der Waals surface area contributed by atoms with Crippen LogP contribution in [0.2, 0.25) is 0 Å². The second kappa shape index (κ2) is 8.89. The molecule has 31 heavy (non-hydrogen) atoms. The van der Waals surface area contributed by atoms with Crippen LogP contribution in [0.5, 0.6) is 0 Å². The Labute approximate surface area is 184 Å². The quantitative estimate of drug-likeness (QED) is 0.362. The minimum atomic E-state index is 0.218. The van der Waals surface area contributed by atoms with Crippen LogP contribution in [-0.4, -0.2) is 6.04 Å². The first-order valence-electron chi connectivity index (χ1n) is 10.8. The lowest BCUT2D eigenvalue weighted by atomic mass is 9.87. The molecule has 4 aromatic rings. The lowest BCUT2D eigenvalue weighted by Gasteiger charge is -2.27. The molecule has 0 aliphatic heterocycles. The zero-order chi connectivity index (χ0) is 20.9. The summed E-state index contributed by atoms with van der Waals surface area (Å²) in [4.78, 5) is 0. The number of hydrogen-bond acceptors (Lipinski definition) is 1. The highest BCUT2D eigenvalue weighted by molar-refractivity contribution is 5.66. The molecule has 0 radical (unpaired) electrons. The van der Waals surface area contributed by atoms with E-state index in [-0.39, 0.29) is 6.04 Å². The van der Waals surface area contributed by atoms with Gasteiger partial charge in [0.1, 0.15) is 0 Å². The van der Waals surface area contributed by atoms with Crippen molar-refractivity contribution in [1.82, 2.24) is 0 Å². The molecule has 0 bridgehead atoms. The minimum absolute atomic E-state index is 0.218. The third-order valence-electron chi connectivity index (χ3n) is 5.86. The van der Waals surface area contributed by atoms with Gasteiger partial charge in [0.25, 0.3) is 0 Å². The Morgan fingerprint density at radius 3 is 1.52 bits per heavy atom. The third-order valence-corrected chi connectivity index (χ3v) is 5.86. The van der Waals surface area contributed by atoms with Crippen LogP contribution >= 0.6 is 0 Å². The summed E-state index contributed by atoms with van der Waals surface area (Å²) in [6.07, 6.45) is 8.81. The van der Waals surface area contributed by atoms with Gasteiger partial charge in [0.05, 0.1) is 6.04 Å². The molecule has 0 fully saturated rings. The standard InChI is InChI=1S/C30H25N/c1-3-9-23(10-4-1)25-15-17-27(18-16-25)29-13-7-8-14-30(29)31-28-21-19-26(20-22-28)24-11-5-2-6-12-24/h1-22,29-31H. The van der Waals surface area contributed by atoms with Gasteiger partial charge >= 0.3 is 0 Å². The maximum absolute atomic E-state index is 3.72. The van der Waals surface area contributed by atoms with Crippen LogP contribution in [0.15, 0.2) is 133 Å². The van der Waals surface area contributed by atoms with Crippen LogP contribution < -0.4 is 5.32 Å². The van der Waals surface area contributed by atoms with Crippen molar-refractivity contribution in [3.8, 4) is 22.3 Å². The Balaban J connectivity index is 1.33. The molecule has 0 saturated carbocycles. The molecule has 1 aliphatic carbocycles. The highest BCUT2D eigenvalue weighted by atomic mass is 14.9. The van der Waals surface area contributed by atoms with E-state index in [9.17, 15) is 0 Å². The van der Waals surface area contributed by atoms with Gasteiger partial charge in [0.2, 0.25) is 0 Å². The molecule has 0 saturated heterocycles. The van der Waals surface area contributed by atoms with Gasteiger partial charge in [-0.3, -0.25) is 0 Å². The molecule has 0 spiro atoms. The van der Waals surface area contributed by atoms with E-state index in [1.54, 1.807) is 0 Å². The van der Waals surface area contributed by atoms with Crippen molar-refractivity contribution in [2.24, 2.45) is 0 Å². The average molecular weight is 400 g/mol. The largest absolute Gasteiger partial charge is 0.378 e. The number of hydrogen-bond donors (Lipinski definition) is 1. The van der Waals surface area contributed by atoms with E-state index in [4.69, 9.17) is 0 Å². The fourth-order valence-corrected chi connectivity index (χ4v) is 4.17. The predicted octanol–water partition coefficient (Wildman–Crippen LogP) is 7.71. The fraction of sp³-hybridized carbons (Fsp3) is 0.0667. The van der Waals surface area contributed by atoms with Crippen molar-refractivity contribution < 1.29 is 0 Å². The fourth-order valence-electron chi connectivity index (χ4n) is 4.17. The SMILES string of the molecule is C1=CC(Nc2ccc(-c3ccccc3)cc2)C(c2ccc(-c3ccccc3)cc2)C=C1. The Hall–Kier alpha value is -3.84. The molecule has 5 rings (SSSR count). The first-order valence-corrected chi connectivity index (χ1v) is 10.8. The van der Waals surface area contributed by atoms with Gasteiger partial charge in [-0.15, -0.1) is 0 Å². The smallest absolute Gasteiger partial charge is 0.0550 e. The maximum atomic E-state index is 3.72. The Kier molecular flexibility index (Phi) is 5.49. The molecule has 0 amide bonds. The topological polar surface area (TPSA) is 12.0 Å². The first kappa shape index (κ1) is 19.1. The molecular formula is C30H25N. The molecule has 4 aromatic carbocycles. The van der Waals surface area contributed by atoms with E-state index in [2.05, 4.69) is 139 Å². The Morgan fingerprint density at radius 2 is 0.935 bits per heavy atom. The summed E-state index contributed by atoms with van der Waals surface area (Å²) in [5.41, 5.74) is 7.43. The van der Waals surface area contributed by atoms with Crippen LogP contribution in [0.1, 0.15) is 11.5 Å². The van der Waals surface area contributed by atoms with E-state index >= 15 is 0 Å². The van der Waals surface area contributed by atoms with Gasteiger partial charge in [-0.1, -0.05) is 121 Å². The zero-order valence-corrected chi connectivity index (χ0v) is 17.4. The number of nitrogens with one attached hydrogen (secondary N) is 1. The van der Waals surface area contributed by atoms with Gasteiger partial charge < -0.3 is 5.32 Å². The molecule has 1 N–H and O–H groups in total. The molecule has 0 heterocycles. The third kappa shape index (κ3) is 4.36. The lowest BCUT2D eigenvalue weighted by molar-refractivity contribution is 0.756. The Bertz CT molecular complexity index is 1170. The second-order valence-electron chi connectivity index (χ2n) is 7.90. The molecule has 2 atom stereocenters. The molecule has 1 aliphatic rings. The second-order valence-corrected chi connectivity index (χ2v) is 7.90. The van der Waals surface area contributed by atoms with Gasteiger partial charge in [0.15, 0.2) is 0 Å². The summed E-state index contributed by atoms with van der Waals surface area (Å²) in [5, 5.41) is 3.72. The summed E-state index contributed by atoms with van der Waals surface area (Å²) in [6.45, 7) is 0. The minimum Gasteiger partial charge on any atom is -0.378 e. The summed E-state index contributed by atoms with van der Waals surface area (Å²) < 4.78 is 0. The Morgan fingerprint density at radius 1 is 0.452 bits per heavy atom. The van der Waals surface area contributed by atoms with Crippen molar-refractivity contribution in [1.29, 1.82) is 0 Å². The summed E-state index contributed by atoms with van der Waals surface area (Å²) in [6, 6.07) is 38.9. The number of benzene rings is 4. The first-order chi connectivity index (χ1) is 15.4. The van der Waals surface area contributed by atoms with Crippen LogP contribution in [-0.2, 0) is 0 Å². The number of anilines is 1. The summed E-state index contributed by atoms with van der Waals surface area (Å²) in [7, 11) is 0. The van der Waals surface area contributed by atoms with Crippen molar-refractivity contribution >= 4 is 5.69 Å². The van der Waals surface area contributed by atoms with Crippen molar-refractivity contribution in [3.05, 3.63) is 139 Å². The van der Waals surface area contributed by atoms with Crippen LogP contribution in [0.25, 0.3) is 22.3 Å². The van der Waals surface area contributed by atoms with E-state index in [1.165, 1.54) is 27.8 Å². The van der Waals surface area contributed by atoms with E-state index < -0.39 is 0 Å². The molecule has 2 unspecified atom stereocenters. The van der Waals surface area contributed by atoms with Gasteiger partial charge in [-0.05, 0) is 39.9 Å². The van der Waals surface area contributed by atoms with E-state index in [0.717, 1.165) is 5.69 Å².